The Labute approximate surface area is 168 Å². The number of carboxylic acid groups (broad SMARTS) is 1. The van der Waals surface area contributed by atoms with Crippen LogP contribution in [0.5, 0.6) is 5.75 Å². The number of likely N-dealkylation sites (tertiary alicyclic amines) is 1. The van der Waals surface area contributed by atoms with Gasteiger partial charge in [0.15, 0.2) is 0 Å². The lowest BCUT2D eigenvalue weighted by Gasteiger charge is -2.20. The Hall–Kier alpha value is -3.54. The van der Waals surface area contributed by atoms with Gasteiger partial charge in [0, 0.05) is 6.42 Å². The van der Waals surface area contributed by atoms with Crippen molar-refractivity contribution in [2.45, 2.75) is 25.2 Å². The van der Waals surface area contributed by atoms with E-state index in [1.54, 1.807) is 0 Å². The maximum Gasteiger partial charge on any atom is 0.410 e. The first-order valence-corrected chi connectivity index (χ1v) is 9.46. The summed E-state index contributed by atoms with van der Waals surface area (Å²) in [5, 5.41) is 11.7. The molecule has 0 spiro atoms. The monoisotopic (exact) mass is 391 g/mol. The van der Waals surface area contributed by atoms with Crippen molar-refractivity contribution in [3.63, 3.8) is 0 Å². The quantitative estimate of drug-likeness (QED) is 0.709. The minimum absolute atomic E-state index is 0.0959. The van der Waals surface area contributed by atoms with Crippen molar-refractivity contribution in [2.75, 3.05) is 6.54 Å². The fourth-order valence-electron chi connectivity index (χ4n) is 3.55. The zero-order chi connectivity index (χ0) is 20.2. The number of ether oxygens (including phenoxy) is 2. The zero-order valence-electron chi connectivity index (χ0n) is 15.7. The molecule has 0 unspecified atom stereocenters. The Morgan fingerprint density at radius 3 is 2.45 bits per heavy atom. The largest absolute Gasteiger partial charge is 0.488 e. The van der Waals surface area contributed by atoms with Gasteiger partial charge < -0.3 is 14.6 Å². The topological polar surface area (TPSA) is 76.1 Å². The van der Waals surface area contributed by atoms with E-state index in [0.29, 0.717) is 5.75 Å². The molecule has 1 aliphatic heterocycles. The molecule has 0 radical (unpaired) electrons. The third-order valence-corrected chi connectivity index (χ3v) is 5.01. The number of carboxylic acids is 1. The van der Waals surface area contributed by atoms with E-state index in [9.17, 15) is 14.7 Å². The van der Waals surface area contributed by atoms with Gasteiger partial charge in [-0.05, 0) is 28.5 Å². The van der Waals surface area contributed by atoms with E-state index in [2.05, 4.69) is 0 Å². The van der Waals surface area contributed by atoms with Gasteiger partial charge >= 0.3 is 12.1 Å². The summed E-state index contributed by atoms with van der Waals surface area (Å²) >= 11 is 0. The summed E-state index contributed by atoms with van der Waals surface area (Å²) < 4.78 is 11.3. The summed E-state index contributed by atoms with van der Waals surface area (Å²) in [6.07, 6.45) is -0.852. The molecular weight excluding hydrogens is 370 g/mol. The summed E-state index contributed by atoms with van der Waals surface area (Å²) in [6, 6.07) is 22.0. The molecule has 1 N–H and O–H groups in total. The molecule has 1 heterocycles. The Kier molecular flexibility index (Phi) is 5.33. The van der Waals surface area contributed by atoms with Gasteiger partial charge in [-0.25, -0.2) is 9.59 Å². The maximum absolute atomic E-state index is 12.5. The van der Waals surface area contributed by atoms with E-state index in [1.165, 1.54) is 4.90 Å². The molecule has 0 saturated carbocycles. The third kappa shape index (κ3) is 4.32. The number of hydrogen-bond acceptors (Lipinski definition) is 4. The van der Waals surface area contributed by atoms with Gasteiger partial charge in [0.2, 0.25) is 0 Å². The molecule has 3 aromatic rings. The number of carbonyl (C=O) groups excluding carboxylic acids is 1. The molecule has 1 fully saturated rings. The molecule has 4 rings (SSSR count). The number of benzene rings is 3. The van der Waals surface area contributed by atoms with E-state index >= 15 is 0 Å². The summed E-state index contributed by atoms with van der Waals surface area (Å²) in [4.78, 5) is 25.4. The van der Waals surface area contributed by atoms with Crippen LogP contribution in [0.2, 0.25) is 0 Å². The number of carbonyl (C=O) groups is 2. The lowest BCUT2D eigenvalue weighted by Crippen LogP contribution is -2.40. The van der Waals surface area contributed by atoms with E-state index in [0.717, 1.165) is 16.3 Å². The summed E-state index contributed by atoms with van der Waals surface area (Å²) in [6.45, 7) is 0.260. The first-order chi connectivity index (χ1) is 14.1. The maximum atomic E-state index is 12.5. The highest BCUT2D eigenvalue weighted by Gasteiger charge is 2.41. The van der Waals surface area contributed by atoms with Crippen LogP contribution in [0.3, 0.4) is 0 Å². The minimum atomic E-state index is -1.06. The van der Waals surface area contributed by atoms with E-state index in [-0.39, 0.29) is 19.6 Å². The first kappa shape index (κ1) is 18.8. The molecule has 0 bridgehead atoms. The Balaban J connectivity index is 1.43. The molecule has 1 saturated heterocycles. The Bertz CT molecular complexity index is 1020. The van der Waals surface area contributed by atoms with Crippen molar-refractivity contribution in [1.82, 2.24) is 4.90 Å². The smallest absolute Gasteiger partial charge is 0.410 e. The first-order valence-electron chi connectivity index (χ1n) is 9.46. The number of hydrogen-bond donors (Lipinski definition) is 1. The fourth-order valence-corrected chi connectivity index (χ4v) is 3.55. The molecule has 148 valence electrons. The average Bonchev–Trinajstić information content (AvgIpc) is 3.17. The summed E-state index contributed by atoms with van der Waals surface area (Å²) in [5.74, 6) is -0.413. The van der Waals surface area contributed by atoms with Crippen LogP contribution in [0.4, 0.5) is 4.79 Å². The fraction of sp³-hybridized carbons (Fsp3) is 0.217. The Morgan fingerprint density at radius 1 is 0.966 bits per heavy atom. The predicted molar refractivity (Wildman–Crippen MR) is 108 cm³/mol. The molecule has 6 heteroatoms. The molecule has 0 aliphatic carbocycles. The zero-order valence-corrected chi connectivity index (χ0v) is 15.7. The van der Waals surface area contributed by atoms with Crippen LogP contribution < -0.4 is 4.74 Å². The van der Waals surface area contributed by atoms with Crippen LogP contribution in [0.25, 0.3) is 10.8 Å². The lowest BCUT2D eigenvalue weighted by molar-refractivity contribution is -0.141. The number of rotatable bonds is 5. The minimum Gasteiger partial charge on any atom is -0.488 e. The molecular formula is C23H21NO5. The van der Waals surface area contributed by atoms with Gasteiger partial charge in [-0.1, -0.05) is 60.7 Å². The summed E-state index contributed by atoms with van der Waals surface area (Å²) in [7, 11) is 0. The number of aliphatic carboxylic acids is 1. The highest BCUT2D eigenvalue weighted by Crippen LogP contribution is 2.27. The van der Waals surface area contributed by atoms with Crippen LogP contribution in [-0.2, 0) is 16.1 Å². The van der Waals surface area contributed by atoms with Gasteiger partial charge in [-0.2, -0.15) is 0 Å². The van der Waals surface area contributed by atoms with Crippen LogP contribution >= 0.6 is 0 Å². The van der Waals surface area contributed by atoms with E-state index < -0.39 is 24.2 Å². The van der Waals surface area contributed by atoms with E-state index in [1.807, 2.05) is 72.8 Å². The number of nitrogens with zero attached hydrogens (tertiary/aromatic N) is 1. The molecule has 3 aromatic carbocycles. The average molecular weight is 391 g/mol. The lowest BCUT2D eigenvalue weighted by atomic mass is 10.1. The van der Waals surface area contributed by atoms with Crippen LogP contribution in [0.1, 0.15) is 12.0 Å². The predicted octanol–water partition coefficient (Wildman–Crippen LogP) is 4.08. The SMILES string of the molecule is O=C(O)[C@@H]1C[C@H](Oc2ccc3ccccc3c2)CN1C(=O)OCc1ccccc1. The second-order valence-corrected chi connectivity index (χ2v) is 7.03. The van der Waals surface area contributed by atoms with Gasteiger partial charge in [0.1, 0.15) is 24.5 Å². The second-order valence-electron chi connectivity index (χ2n) is 7.03. The highest BCUT2D eigenvalue weighted by molar-refractivity contribution is 5.84. The van der Waals surface area contributed by atoms with Crippen LogP contribution in [0, 0.1) is 0 Å². The van der Waals surface area contributed by atoms with Crippen LogP contribution in [-0.4, -0.2) is 40.8 Å². The number of fused-ring (bicyclic) bond motifs is 1. The third-order valence-electron chi connectivity index (χ3n) is 5.01. The van der Waals surface area contributed by atoms with Gasteiger partial charge in [-0.3, -0.25) is 4.90 Å². The molecule has 2 atom stereocenters. The molecule has 1 amide bonds. The molecule has 29 heavy (non-hydrogen) atoms. The van der Waals surface area contributed by atoms with Gasteiger partial charge in [0.05, 0.1) is 6.54 Å². The normalized spacial score (nSPS) is 18.6. The van der Waals surface area contributed by atoms with E-state index in [4.69, 9.17) is 9.47 Å². The van der Waals surface area contributed by atoms with Gasteiger partial charge in [0.25, 0.3) is 0 Å². The molecule has 6 nitrogen and oxygen atoms in total. The van der Waals surface area contributed by atoms with Crippen molar-refractivity contribution < 1.29 is 24.2 Å². The van der Waals surface area contributed by atoms with Crippen molar-refractivity contribution >= 4 is 22.8 Å². The van der Waals surface area contributed by atoms with Crippen molar-refractivity contribution in [1.29, 1.82) is 0 Å². The van der Waals surface area contributed by atoms with Crippen molar-refractivity contribution in [3.8, 4) is 5.75 Å². The standard InChI is InChI=1S/C23H21NO5/c25-22(26)21-13-20(29-19-11-10-17-8-4-5-9-18(17)12-19)14-24(21)23(27)28-15-16-6-2-1-3-7-16/h1-12,20-21H,13-15H2,(H,25,26)/t20-,21-/m0/s1. The second kappa shape index (κ2) is 8.22. The summed E-state index contributed by atoms with van der Waals surface area (Å²) in [5.41, 5.74) is 0.843. The number of amides is 1. The Morgan fingerprint density at radius 2 is 1.69 bits per heavy atom. The van der Waals surface area contributed by atoms with Gasteiger partial charge in [-0.15, -0.1) is 0 Å². The molecule has 1 aliphatic rings. The van der Waals surface area contributed by atoms with Crippen LogP contribution in [0.15, 0.2) is 72.8 Å². The highest BCUT2D eigenvalue weighted by atomic mass is 16.6. The van der Waals surface area contributed by atoms with Crippen molar-refractivity contribution in [2.24, 2.45) is 0 Å². The molecule has 0 aromatic heterocycles. The van der Waals surface area contributed by atoms with Crippen molar-refractivity contribution in [3.05, 3.63) is 78.4 Å².